The van der Waals surface area contributed by atoms with Gasteiger partial charge in [-0.3, -0.25) is 4.99 Å². The lowest BCUT2D eigenvalue weighted by Gasteiger charge is -2.38. The Morgan fingerprint density at radius 1 is 1.22 bits per heavy atom. The first-order valence-corrected chi connectivity index (χ1v) is 8.51. The number of aliphatic imine (C=N–C) groups is 1. The normalized spacial score (nSPS) is 15.9. The molecule has 0 bridgehead atoms. The van der Waals surface area contributed by atoms with E-state index in [9.17, 15) is 0 Å². The summed E-state index contributed by atoms with van der Waals surface area (Å²) in [7, 11) is 1.85. The van der Waals surface area contributed by atoms with Crippen LogP contribution in [-0.4, -0.2) is 63.8 Å². The zero-order valence-electron chi connectivity index (χ0n) is 14.9. The Kier molecular flexibility index (Phi) is 6.71. The smallest absolute Gasteiger partial charge is 0.193 e. The van der Waals surface area contributed by atoms with Crippen molar-refractivity contribution >= 4 is 11.6 Å². The predicted octanol–water partition coefficient (Wildman–Crippen LogP) is 2.04. The molecule has 1 aliphatic rings. The minimum atomic E-state index is 0.720. The molecule has 0 radical (unpaired) electrons. The Balaban J connectivity index is 1.88. The highest BCUT2D eigenvalue weighted by atomic mass is 16.5. The molecule has 128 valence electrons. The van der Waals surface area contributed by atoms with Crippen molar-refractivity contribution in [2.45, 2.75) is 20.8 Å². The van der Waals surface area contributed by atoms with Gasteiger partial charge in [0, 0.05) is 52.1 Å². The minimum Gasteiger partial charge on any atom is -0.380 e. The third-order valence-corrected chi connectivity index (χ3v) is 4.44. The summed E-state index contributed by atoms with van der Waals surface area (Å²) < 4.78 is 5.37. The van der Waals surface area contributed by atoms with E-state index in [1.807, 2.05) is 14.0 Å². The van der Waals surface area contributed by atoms with Gasteiger partial charge in [-0.15, -0.1) is 0 Å². The molecule has 1 fully saturated rings. The van der Waals surface area contributed by atoms with E-state index in [0.717, 1.165) is 51.9 Å². The number of nitrogens with zero attached hydrogens (tertiary/aromatic N) is 3. The molecule has 0 spiro atoms. The standard InChI is InChI=1S/C18H30N4O/c1-5-23-14-9-20-18(19-4)22-12-10-21(11-13-22)17-8-6-7-15(2)16(17)3/h6-8H,5,9-14H2,1-4H3,(H,19,20). The number of anilines is 1. The van der Waals surface area contributed by atoms with Crippen molar-refractivity contribution < 1.29 is 4.74 Å². The van der Waals surface area contributed by atoms with E-state index in [1.54, 1.807) is 0 Å². The fourth-order valence-corrected chi connectivity index (χ4v) is 2.95. The zero-order valence-corrected chi connectivity index (χ0v) is 14.9. The van der Waals surface area contributed by atoms with E-state index in [1.165, 1.54) is 16.8 Å². The predicted molar refractivity (Wildman–Crippen MR) is 97.6 cm³/mol. The van der Waals surface area contributed by atoms with Crippen LogP contribution < -0.4 is 10.2 Å². The molecule has 0 amide bonds. The molecule has 23 heavy (non-hydrogen) atoms. The molecule has 2 rings (SSSR count). The van der Waals surface area contributed by atoms with E-state index in [2.05, 4.69) is 52.2 Å². The van der Waals surface area contributed by atoms with Crippen molar-refractivity contribution in [1.82, 2.24) is 10.2 Å². The van der Waals surface area contributed by atoms with Gasteiger partial charge >= 0.3 is 0 Å². The number of rotatable bonds is 5. The summed E-state index contributed by atoms with van der Waals surface area (Å²) in [6.07, 6.45) is 0. The SMILES string of the molecule is CCOCCNC(=NC)N1CCN(c2cccc(C)c2C)CC1. The Bertz CT molecular complexity index is 522. The van der Waals surface area contributed by atoms with Crippen LogP contribution in [0.2, 0.25) is 0 Å². The van der Waals surface area contributed by atoms with Crippen molar-refractivity contribution in [3.05, 3.63) is 29.3 Å². The van der Waals surface area contributed by atoms with Crippen LogP contribution in [0.1, 0.15) is 18.1 Å². The molecular formula is C18H30N4O. The van der Waals surface area contributed by atoms with E-state index >= 15 is 0 Å². The highest BCUT2D eigenvalue weighted by Crippen LogP contribution is 2.23. The molecule has 0 aromatic heterocycles. The Morgan fingerprint density at radius 3 is 2.61 bits per heavy atom. The van der Waals surface area contributed by atoms with Gasteiger partial charge in [-0.2, -0.15) is 0 Å². The molecule has 5 heteroatoms. The molecule has 1 N–H and O–H groups in total. The summed E-state index contributed by atoms with van der Waals surface area (Å²) in [5, 5.41) is 3.38. The van der Waals surface area contributed by atoms with Gasteiger partial charge in [0.15, 0.2) is 5.96 Å². The Hall–Kier alpha value is -1.75. The molecule has 1 saturated heterocycles. The first-order valence-electron chi connectivity index (χ1n) is 8.51. The second-order valence-corrected chi connectivity index (χ2v) is 5.86. The van der Waals surface area contributed by atoms with Gasteiger partial charge in [0.05, 0.1) is 6.61 Å². The molecule has 1 aromatic carbocycles. The number of nitrogens with one attached hydrogen (secondary N) is 1. The fraction of sp³-hybridized carbons (Fsp3) is 0.611. The quantitative estimate of drug-likeness (QED) is 0.512. The van der Waals surface area contributed by atoms with E-state index in [0.29, 0.717) is 0 Å². The Morgan fingerprint density at radius 2 is 1.96 bits per heavy atom. The maximum absolute atomic E-state index is 5.37. The number of aryl methyl sites for hydroxylation is 1. The van der Waals surface area contributed by atoms with Gasteiger partial charge in [0.25, 0.3) is 0 Å². The third-order valence-electron chi connectivity index (χ3n) is 4.44. The summed E-state index contributed by atoms with van der Waals surface area (Å²) in [4.78, 5) is 9.20. The average Bonchev–Trinajstić information content (AvgIpc) is 2.58. The molecule has 0 atom stereocenters. The summed E-state index contributed by atoms with van der Waals surface area (Å²) >= 11 is 0. The van der Waals surface area contributed by atoms with Crippen LogP contribution in [0.3, 0.4) is 0 Å². The first-order chi connectivity index (χ1) is 11.2. The van der Waals surface area contributed by atoms with Crippen LogP contribution in [0.15, 0.2) is 23.2 Å². The topological polar surface area (TPSA) is 40.1 Å². The van der Waals surface area contributed by atoms with Gasteiger partial charge in [0.1, 0.15) is 0 Å². The van der Waals surface area contributed by atoms with Crippen LogP contribution >= 0.6 is 0 Å². The monoisotopic (exact) mass is 318 g/mol. The highest BCUT2D eigenvalue weighted by molar-refractivity contribution is 5.80. The lowest BCUT2D eigenvalue weighted by molar-refractivity contribution is 0.151. The number of benzene rings is 1. The van der Waals surface area contributed by atoms with Gasteiger partial charge in [-0.25, -0.2) is 0 Å². The molecule has 1 heterocycles. The van der Waals surface area contributed by atoms with Crippen molar-refractivity contribution in [3.8, 4) is 0 Å². The van der Waals surface area contributed by atoms with E-state index < -0.39 is 0 Å². The van der Waals surface area contributed by atoms with Gasteiger partial charge in [-0.1, -0.05) is 12.1 Å². The summed E-state index contributed by atoms with van der Waals surface area (Å²) in [5.41, 5.74) is 4.11. The summed E-state index contributed by atoms with van der Waals surface area (Å²) in [6.45, 7) is 12.7. The molecule has 0 aliphatic carbocycles. The maximum Gasteiger partial charge on any atom is 0.193 e. The summed E-state index contributed by atoms with van der Waals surface area (Å²) in [5.74, 6) is 0.977. The van der Waals surface area contributed by atoms with Crippen LogP contribution in [0.4, 0.5) is 5.69 Å². The Labute approximate surface area is 140 Å². The largest absolute Gasteiger partial charge is 0.380 e. The lowest BCUT2D eigenvalue weighted by atomic mass is 10.1. The highest BCUT2D eigenvalue weighted by Gasteiger charge is 2.20. The van der Waals surface area contributed by atoms with Gasteiger partial charge in [-0.05, 0) is 38.0 Å². The second-order valence-electron chi connectivity index (χ2n) is 5.86. The van der Waals surface area contributed by atoms with Crippen LogP contribution in [0, 0.1) is 13.8 Å². The summed E-state index contributed by atoms with van der Waals surface area (Å²) in [6, 6.07) is 6.56. The fourth-order valence-electron chi connectivity index (χ4n) is 2.95. The number of guanidine groups is 1. The van der Waals surface area contributed by atoms with E-state index in [-0.39, 0.29) is 0 Å². The first kappa shape index (κ1) is 17.6. The second kappa shape index (κ2) is 8.77. The number of hydrogen-bond donors (Lipinski definition) is 1. The molecule has 1 aromatic rings. The van der Waals surface area contributed by atoms with Crippen LogP contribution in [0.25, 0.3) is 0 Å². The van der Waals surface area contributed by atoms with Crippen molar-refractivity contribution in [2.75, 3.05) is 57.9 Å². The number of ether oxygens (including phenoxy) is 1. The minimum absolute atomic E-state index is 0.720. The maximum atomic E-state index is 5.37. The molecule has 1 aliphatic heterocycles. The molecule has 0 saturated carbocycles. The van der Waals surface area contributed by atoms with Crippen molar-refractivity contribution in [1.29, 1.82) is 0 Å². The third kappa shape index (κ3) is 4.61. The molecule has 5 nitrogen and oxygen atoms in total. The van der Waals surface area contributed by atoms with E-state index in [4.69, 9.17) is 4.74 Å². The van der Waals surface area contributed by atoms with Crippen molar-refractivity contribution in [2.24, 2.45) is 4.99 Å². The lowest BCUT2D eigenvalue weighted by Crippen LogP contribution is -2.53. The van der Waals surface area contributed by atoms with Gasteiger partial charge in [0.2, 0.25) is 0 Å². The average molecular weight is 318 g/mol. The number of piperazine rings is 1. The van der Waals surface area contributed by atoms with Crippen LogP contribution in [-0.2, 0) is 4.74 Å². The van der Waals surface area contributed by atoms with Crippen LogP contribution in [0.5, 0.6) is 0 Å². The van der Waals surface area contributed by atoms with Crippen molar-refractivity contribution in [3.63, 3.8) is 0 Å². The van der Waals surface area contributed by atoms with Gasteiger partial charge < -0.3 is 19.9 Å². The molecular weight excluding hydrogens is 288 g/mol. The number of hydrogen-bond acceptors (Lipinski definition) is 3. The zero-order chi connectivity index (χ0) is 16.7. The molecule has 0 unspecified atom stereocenters.